The van der Waals surface area contributed by atoms with Crippen LogP contribution in [-0.2, 0) is 18.9 Å². The maximum atomic E-state index is 13.2. The van der Waals surface area contributed by atoms with E-state index in [-0.39, 0.29) is 47.4 Å². The van der Waals surface area contributed by atoms with E-state index in [0.717, 1.165) is 37.3 Å². The maximum absolute atomic E-state index is 13.2. The lowest BCUT2D eigenvalue weighted by atomic mass is 9.68. The van der Waals surface area contributed by atoms with Crippen LogP contribution in [0.15, 0.2) is 30.0 Å². The molecule has 5 rings (SSSR count). The van der Waals surface area contributed by atoms with Crippen LogP contribution in [-0.4, -0.2) is 67.4 Å². The molecular formula is C29H43N3O5. The van der Waals surface area contributed by atoms with Crippen LogP contribution in [0.1, 0.15) is 71.9 Å². The zero-order chi connectivity index (χ0) is 26.4. The van der Waals surface area contributed by atoms with Gasteiger partial charge in [0.25, 0.3) is 0 Å². The molecule has 1 spiro atoms. The fourth-order valence-electron chi connectivity index (χ4n) is 6.32. The number of nitrogens with one attached hydrogen (secondary N) is 1. The number of amides is 1. The second-order valence-electron chi connectivity index (χ2n) is 12.0. The average molecular weight is 514 g/mol. The summed E-state index contributed by atoms with van der Waals surface area (Å²) in [6.45, 7) is 13.4. The molecule has 3 aliphatic heterocycles. The lowest BCUT2D eigenvalue weighted by molar-refractivity contribution is -0.118. The third-order valence-electron chi connectivity index (χ3n) is 8.75. The van der Waals surface area contributed by atoms with Gasteiger partial charge in [0.1, 0.15) is 29.2 Å². The smallest absolute Gasteiger partial charge is 0.407 e. The van der Waals surface area contributed by atoms with E-state index in [1.165, 1.54) is 12.0 Å². The Labute approximate surface area is 221 Å². The summed E-state index contributed by atoms with van der Waals surface area (Å²) in [6, 6.07) is 3.91. The normalized spacial score (nSPS) is 35.1. The van der Waals surface area contributed by atoms with Crippen LogP contribution in [0, 0.1) is 11.8 Å². The Bertz CT molecular complexity index is 999. The summed E-state index contributed by atoms with van der Waals surface area (Å²) >= 11 is 0. The van der Waals surface area contributed by atoms with Crippen molar-refractivity contribution in [3.8, 4) is 0 Å². The Hall–Kier alpha value is -2.16. The summed E-state index contributed by atoms with van der Waals surface area (Å²) in [5.41, 5.74) is 1.67. The number of hydrogen-bond acceptors (Lipinski definition) is 7. The highest BCUT2D eigenvalue weighted by Gasteiger charge is 2.72. The highest BCUT2D eigenvalue weighted by molar-refractivity contribution is 5.68. The number of hydrogen-bond donors (Lipinski definition) is 1. The van der Waals surface area contributed by atoms with Crippen LogP contribution >= 0.6 is 0 Å². The molecule has 1 amide bonds. The van der Waals surface area contributed by atoms with Crippen LogP contribution < -0.4 is 10.2 Å². The molecule has 7 atom stereocenters. The molecule has 1 unspecified atom stereocenters. The van der Waals surface area contributed by atoms with Crippen molar-refractivity contribution < 1.29 is 23.7 Å². The molecule has 8 heteroatoms. The lowest BCUT2D eigenvalue weighted by Crippen LogP contribution is -2.56. The monoisotopic (exact) mass is 513 g/mol. The molecule has 1 saturated carbocycles. The van der Waals surface area contributed by atoms with Gasteiger partial charge in [0.05, 0.1) is 24.7 Å². The molecule has 4 fully saturated rings. The maximum Gasteiger partial charge on any atom is 0.407 e. The molecule has 4 heterocycles. The van der Waals surface area contributed by atoms with Gasteiger partial charge in [0.2, 0.25) is 0 Å². The summed E-state index contributed by atoms with van der Waals surface area (Å²) in [7, 11) is 1.70. The zero-order valence-electron chi connectivity index (χ0n) is 23.2. The van der Waals surface area contributed by atoms with Crippen molar-refractivity contribution >= 4 is 11.9 Å². The van der Waals surface area contributed by atoms with Gasteiger partial charge in [-0.05, 0) is 64.0 Å². The van der Waals surface area contributed by atoms with Gasteiger partial charge in [0, 0.05) is 26.4 Å². The summed E-state index contributed by atoms with van der Waals surface area (Å²) in [5, 5.41) is 3.11. The third kappa shape index (κ3) is 5.25. The average Bonchev–Trinajstić information content (AvgIpc) is 3.73. The summed E-state index contributed by atoms with van der Waals surface area (Å²) in [6.07, 6.45) is 6.75. The standard InChI is InChI=1S/C29H43N3O5/c1-18(2)8-10-22-28(5,37-22)26-25(34-6)21(12-13-29(26)17-35-29)36-27(33)31-24(19(3)4)20-9-11-23(30-16-20)32-14-7-15-32/h8-9,11,16,19,21-22,24-26H,7,10,12-15,17H2,1-6H3,(H,31,33)/t21-,22-,24+,25-,26?,28+,29+/m1/s1. The third-order valence-corrected chi connectivity index (χ3v) is 8.75. The molecule has 37 heavy (non-hydrogen) atoms. The van der Waals surface area contributed by atoms with Crippen molar-refractivity contribution in [1.29, 1.82) is 0 Å². The van der Waals surface area contributed by atoms with Crippen LogP contribution in [0.25, 0.3) is 0 Å². The van der Waals surface area contributed by atoms with E-state index in [0.29, 0.717) is 13.0 Å². The van der Waals surface area contributed by atoms with E-state index >= 15 is 0 Å². The molecular weight excluding hydrogens is 470 g/mol. The fraction of sp³-hybridized carbons (Fsp3) is 0.724. The van der Waals surface area contributed by atoms with Gasteiger partial charge in [0.15, 0.2) is 0 Å². The minimum atomic E-state index is -0.424. The fourth-order valence-corrected chi connectivity index (χ4v) is 6.32. The molecule has 1 aromatic rings. The number of allylic oxidation sites excluding steroid dienone is 1. The first kappa shape index (κ1) is 26.4. The number of carbonyl (C=O) groups excluding carboxylic acids is 1. The largest absolute Gasteiger partial charge is 0.443 e. The number of carbonyl (C=O) groups is 1. The van der Waals surface area contributed by atoms with Crippen molar-refractivity contribution in [2.75, 3.05) is 31.7 Å². The van der Waals surface area contributed by atoms with E-state index in [2.05, 4.69) is 62.0 Å². The van der Waals surface area contributed by atoms with Crippen molar-refractivity contribution in [3.05, 3.63) is 35.5 Å². The minimum Gasteiger partial charge on any atom is -0.443 e. The number of rotatable bonds is 9. The lowest BCUT2D eigenvalue weighted by Gasteiger charge is -2.42. The predicted molar refractivity (Wildman–Crippen MR) is 142 cm³/mol. The molecule has 1 aromatic heterocycles. The van der Waals surface area contributed by atoms with Crippen LogP contribution in [0.2, 0.25) is 0 Å². The molecule has 1 aliphatic carbocycles. The number of nitrogens with zero attached hydrogens (tertiary/aromatic N) is 2. The van der Waals surface area contributed by atoms with Gasteiger partial charge in [-0.3, -0.25) is 0 Å². The molecule has 4 aliphatic rings. The Morgan fingerprint density at radius 1 is 1.32 bits per heavy atom. The first-order valence-electron chi connectivity index (χ1n) is 13.8. The van der Waals surface area contributed by atoms with E-state index in [1.807, 2.05) is 12.3 Å². The minimum absolute atomic E-state index is 0.00579. The number of alkyl carbamates (subject to hydrolysis) is 1. The number of epoxide rings is 2. The van der Waals surface area contributed by atoms with Crippen LogP contribution in [0.5, 0.6) is 0 Å². The quantitative estimate of drug-likeness (QED) is 0.375. The Morgan fingerprint density at radius 3 is 2.62 bits per heavy atom. The zero-order valence-corrected chi connectivity index (χ0v) is 23.2. The van der Waals surface area contributed by atoms with Gasteiger partial charge in [-0.15, -0.1) is 0 Å². The molecule has 1 N–H and O–H groups in total. The molecule has 0 aromatic carbocycles. The SMILES string of the molecule is CO[C@H]1C([C@@]2(C)O[C@@H]2CC=C(C)C)[C@]2(CC[C@H]1OC(=O)N[C@H](c1ccc(N3CCC3)nc1)C(C)C)CO2. The van der Waals surface area contributed by atoms with Crippen molar-refractivity contribution in [2.24, 2.45) is 11.8 Å². The molecule has 204 valence electrons. The molecule has 3 saturated heterocycles. The summed E-state index contributed by atoms with van der Waals surface area (Å²) < 4.78 is 24.4. The van der Waals surface area contributed by atoms with E-state index in [1.54, 1.807) is 7.11 Å². The number of methoxy groups -OCH3 is 1. The second kappa shape index (κ2) is 10.2. The molecule has 0 radical (unpaired) electrons. The van der Waals surface area contributed by atoms with E-state index < -0.39 is 6.09 Å². The van der Waals surface area contributed by atoms with Crippen molar-refractivity contribution in [2.45, 2.75) is 95.9 Å². The highest BCUT2D eigenvalue weighted by atomic mass is 16.6. The van der Waals surface area contributed by atoms with Gasteiger partial charge in [-0.1, -0.05) is 31.6 Å². The van der Waals surface area contributed by atoms with Gasteiger partial charge in [-0.25, -0.2) is 9.78 Å². The van der Waals surface area contributed by atoms with Crippen molar-refractivity contribution in [1.82, 2.24) is 10.3 Å². The Kier molecular flexibility index (Phi) is 7.29. The molecule has 0 bridgehead atoms. The number of anilines is 1. The first-order chi connectivity index (χ1) is 17.7. The topological polar surface area (TPSA) is 88.8 Å². The van der Waals surface area contributed by atoms with Gasteiger partial charge < -0.3 is 29.2 Å². The predicted octanol–water partition coefficient (Wildman–Crippen LogP) is 4.79. The number of ether oxygens (including phenoxy) is 4. The van der Waals surface area contributed by atoms with E-state index in [9.17, 15) is 4.79 Å². The van der Waals surface area contributed by atoms with Crippen molar-refractivity contribution in [3.63, 3.8) is 0 Å². The van der Waals surface area contributed by atoms with Crippen LogP contribution in [0.3, 0.4) is 0 Å². The summed E-state index contributed by atoms with van der Waals surface area (Å²) in [5.74, 6) is 1.18. The molecule has 8 nitrogen and oxygen atoms in total. The number of pyridine rings is 1. The van der Waals surface area contributed by atoms with Crippen LogP contribution in [0.4, 0.5) is 10.6 Å². The first-order valence-corrected chi connectivity index (χ1v) is 13.8. The second-order valence-corrected chi connectivity index (χ2v) is 12.0. The highest BCUT2D eigenvalue weighted by Crippen LogP contribution is 2.59. The van der Waals surface area contributed by atoms with Gasteiger partial charge in [-0.2, -0.15) is 0 Å². The van der Waals surface area contributed by atoms with E-state index in [4.69, 9.17) is 18.9 Å². The Morgan fingerprint density at radius 2 is 2.08 bits per heavy atom. The van der Waals surface area contributed by atoms with Gasteiger partial charge >= 0.3 is 6.09 Å². The Balaban J connectivity index is 1.25. The number of aromatic nitrogens is 1. The summed E-state index contributed by atoms with van der Waals surface area (Å²) in [4.78, 5) is 20.1.